The highest BCUT2D eigenvalue weighted by atomic mass is 32.2. The lowest BCUT2D eigenvalue weighted by molar-refractivity contribution is 0.206. The normalized spacial score (nSPS) is 22.1. The maximum Gasteiger partial charge on any atom is 0.264 e. The van der Waals surface area contributed by atoms with Crippen LogP contribution in [-0.4, -0.2) is 52.6 Å². The third-order valence-corrected chi connectivity index (χ3v) is 2.80. The van der Waals surface area contributed by atoms with Gasteiger partial charge in [0.25, 0.3) is 20.2 Å². The molecule has 7 nitrogen and oxygen atoms in total. The molecule has 0 aromatic rings. The first kappa shape index (κ1) is 17.8. The number of rotatable bonds is 4. The predicted octanol–water partition coefficient (Wildman–Crippen LogP) is -0.00280. The molecule has 0 spiro atoms. The maximum absolute atomic E-state index is 10.8. The summed E-state index contributed by atoms with van der Waals surface area (Å²) in [6, 6.07) is 0.428. The van der Waals surface area contributed by atoms with Crippen LogP contribution in [0.4, 0.5) is 0 Å². The van der Waals surface area contributed by atoms with E-state index in [2.05, 4.69) is 5.32 Å². The van der Waals surface area contributed by atoms with Crippen molar-refractivity contribution >= 4 is 20.2 Å². The lowest BCUT2D eigenvalue weighted by atomic mass is 10.1. The molecule has 2 N–H and O–H groups in total. The third-order valence-electron chi connectivity index (χ3n) is 2.12. The third kappa shape index (κ3) is 13.8. The molecular weight excluding hydrogens is 282 g/mol. The van der Waals surface area contributed by atoms with Gasteiger partial charge in [-0.3, -0.25) is 8.74 Å². The van der Waals surface area contributed by atoms with Gasteiger partial charge in [0.1, 0.15) is 0 Å². The van der Waals surface area contributed by atoms with Gasteiger partial charge in [-0.2, -0.15) is 16.8 Å². The largest absolute Gasteiger partial charge is 0.314 e. The van der Waals surface area contributed by atoms with Crippen molar-refractivity contribution in [2.75, 3.05) is 19.1 Å². The van der Waals surface area contributed by atoms with Crippen LogP contribution in [0.25, 0.3) is 0 Å². The first-order valence-corrected chi connectivity index (χ1v) is 9.18. The van der Waals surface area contributed by atoms with E-state index in [9.17, 15) is 16.8 Å². The summed E-state index contributed by atoms with van der Waals surface area (Å²) in [5, 5.41) is 3.30. The van der Waals surface area contributed by atoms with Crippen LogP contribution in [0.3, 0.4) is 0 Å². The lowest BCUT2D eigenvalue weighted by Gasteiger charge is -2.15. The van der Waals surface area contributed by atoms with E-state index in [0.717, 1.165) is 25.6 Å². The molecule has 1 fully saturated rings. The maximum atomic E-state index is 10.8. The van der Waals surface area contributed by atoms with Crippen molar-refractivity contribution in [2.45, 2.75) is 38.3 Å². The molecule has 2 atom stereocenters. The molecule has 18 heavy (non-hydrogen) atoms. The van der Waals surface area contributed by atoms with Crippen molar-refractivity contribution in [2.24, 2.45) is 0 Å². The number of nitrogens with one attached hydrogen (secondary N) is 1. The van der Waals surface area contributed by atoms with E-state index in [1.165, 1.54) is 6.42 Å². The van der Waals surface area contributed by atoms with E-state index in [-0.39, 0.29) is 6.10 Å². The summed E-state index contributed by atoms with van der Waals surface area (Å²) >= 11 is 0. The lowest BCUT2D eigenvalue weighted by Crippen LogP contribution is -2.27. The van der Waals surface area contributed by atoms with Crippen LogP contribution in [0.2, 0.25) is 0 Å². The summed E-state index contributed by atoms with van der Waals surface area (Å²) in [6.07, 6.45) is 4.66. The molecule has 1 saturated heterocycles. The second-order valence-electron chi connectivity index (χ2n) is 4.37. The second-order valence-corrected chi connectivity index (χ2v) is 7.44. The Labute approximate surface area is 109 Å². The van der Waals surface area contributed by atoms with Gasteiger partial charge < -0.3 is 5.32 Å². The fraction of sp³-hybridized carbons (Fsp3) is 1.00. The van der Waals surface area contributed by atoms with Crippen LogP contribution < -0.4 is 5.32 Å². The molecule has 1 rings (SSSR count). The van der Waals surface area contributed by atoms with E-state index >= 15 is 0 Å². The highest BCUT2D eigenvalue weighted by molar-refractivity contribution is 7.86. The number of hydrogen-bond acceptors (Lipinski definition) is 6. The van der Waals surface area contributed by atoms with Crippen LogP contribution in [0.5, 0.6) is 0 Å². The Morgan fingerprint density at radius 1 is 1.33 bits per heavy atom. The molecule has 0 radical (unpaired) electrons. The SMILES string of the molecule is CC(CC1CCCN1)OS(C)(=O)=O.CS(=O)(=O)O. The van der Waals surface area contributed by atoms with Crippen molar-refractivity contribution in [1.29, 1.82) is 0 Å². The molecule has 0 aromatic heterocycles. The minimum Gasteiger partial charge on any atom is -0.314 e. The van der Waals surface area contributed by atoms with Crippen molar-refractivity contribution in [3.05, 3.63) is 0 Å². The Kier molecular flexibility index (Phi) is 7.30. The first-order valence-electron chi connectivity index (χ1n) is 5.51. The molecule has 1 aliphatic rings. The van der Waals surface area contributed by atoms with Gasteiger partial charge in [0.15, 0.2) is 0 Å². The number of hydrogen-bond donors (Lipinski definition) is 2. The van der Waals surface area contributed by atoms with Crippen LogP contribution >= 0.6 is 0 Å². The fourth-order valence-corrected chi connectivity index (χ4v) is 2.37. The van der Waals surface area contributed by atoms with E-state index in [1.54, 1.807) is 6.92 Å². The summed E-state index contributed by atoms with van der Waals surface area (Å²) in [6.45, 7) is 2.83. The highest BCUT2D eigenvalue weighted by Crippen LogP contribution is 2.13. The van der Waals surface area contributed by atoms with Crippen molar-refractivity contribution < 1.29 is 25.6 Å². The Morgan fingerprint density at radius 2 is 1.83 bits per heavy atom. The van der Waals surface area contributed by atoms with Gasteiger partial charge in [0.05, 0.1) is 18.6 Å². The topological polar surface area (TPSA) is 110 Å². The summed E-state index contributed by atoms with van der Waals surface area (Å²) in [4.78, 5) is 0. The predicted molar refractivity (Wildman–Crippen MR) is 68.5 cm³/mol. The fourth-order valence-electron chi connectivity index (χ4n) is 1.70. The molecule has 2 unspecified atom stereocenters. The van der Waals surface area contributed by atoms with Gasteiger partial charge >= 0.3 is 0 Å². The average Bonchev–Trinajstić information content (AvgIpc) is 2.48. The van der Waals surface area contributed by atoms with E-state index in [1.807, 2.05) is 0 Å². The smallest absolute Gasteiger partial charge is 0.264 e. The summed E-state index contributed by atoms with van der Waals surface area (Å²) in [5.74, 6) is 0. The van der Waals surface area contributed by atoms with Crippen LogP contribution in [0.15, 0.2) is 0 Å². The van der Waals surface area contributed by atoms with Gasteiger partial charge in [-0.25, -0.2) is 0 Å². The second kappa shape index (κ2) is 7.39. The molecule has 0 aromatic carbocycles. The van der Waals surface area contributed by atoms with E-state index in [0.29, 0.717) is 12.3 Å². The van der Waals surface area contributed by atoms with Crippen LogP contribution in [0.1, 0.15) is 26.2 Å². The van der Waals surface area contributed by atoms with Crippen LogP contribution in [-0.2, 0) is 24.4 Å². The molecule has 0 amide bonds. The van der Waals surface area contributed by atoms with Gasteiger partial charge in [-0.15, -0.1) is 0 Å². The minimum absolute atomic E-state index is 0.217. The van der Waals surface area contributed by atoms with Crippen molar-refractivity contribution in [1.82, 2.24) is 5.32 Å². The molecule has 0 aliphatic carbocycles. The standard InChI is InChI=1S/C8H17NO3S.CH4O3S/c1-7(12-13(2,10)11)6-8-4-3-5-9-8;1-5(2,3)4/h7-9H,3-6H2,1-2H3;1H3,(H,2,3,4). The molecule has 1 aliphatic heterocycles. The van der Waals surface area contributed by atoms with E-state index < -0.39 is 20.2 Å². The Hall–Kier alpha value is -0.220. The molecule has 0 saturated carbocycles. The zero-order valence-corrected chi connectivity index (χ0v) is 12.4. The highest BCUT2D eigenvalue weighted by Gasteiger charge is 2.19. The summed E-state index contributed by atoms with van der Waals surface area (Å²) in [7, 11) is -6.96. The van der Waals surface area contributed by atoms with E-state index in [4.69, 9.17) is 8.74 Å². The van der Waals surface area contributed by atoms with Gasteiger partial charge in [0.2, 0.25) is 0 Å². The Bertz CT molecular complexity index is 416. The molecule has 9 heteroatoms. The Balaban J connectivity index is 0.000000494. The molecular formula is C9H21NO6S2. The molecule has 110 valence electrons. The van der Waals surface area contributed by atoms with Gasteiger partial charge in [-0.1, -0.05) is 0 Å². The summed E-state index contributed by atoms with van der Waals surface area (Å²) < 4.78 is 52.2. The quantitative estimate of drug-likeness (QED) is 0.555. The molecule has 0 bridgehead atoms. The van der Waals surface area contributed by atoms with Crippen molar-refractivity contribution in [3.8, 4) is 0 Å². The van der Waals surface area contributed by atoms with Crippen molar-refractivity contribution in [3.63, 3.8) is 0 Å². The first-order chi connectivity index (χ1) is 7.97. The van der Waals surface area contributed by atoms with Crippen LogP contribution in [0, 0.1) is 0 Å². The molecule has 1 heterocycles. The summed E-state index contributed by atoms with van der Waals surface area (Å²) in [5.41, 5.74) is 0. The zero-order chi connectivity index (χ0) is 14.4. The zero-order valence-electron chi connectivity index (χ0n) is 10.8. The monoisotopic (exact) mass is 303 g/mol. The minimum atomic E-state index is -3.67. The Morgan fingerprint density at radius 3 is 2.17 bits per heavy atom. The van der Waals surface area contributed by atoms with Gasteiger partial charge in [-0.05, 0) is 32.7 Å². The van der Waals surface area contributed by atoms with Gasteiger partial charge in [0, 0.05) is 6.04 Å². The average molecular weight is 303 g/mol.